The van der Waals surface area contributed by atoms with Gasteiger partial charge in [-0.2, -0.15) is 0 Å². The molecule has 4 aliphatic rings. The summed E-state index contributed by atoms with van der Waals surface area (Å²) in [6.45, 7) is 0.759. The molecule has 118 valence electrons. The lowest BCUT2D eigenvalue weighted by Gasteiger charge is -2.59. The van der Waals surface area contributed by atoms with E-state index in [0.717, 1.165) is 17.7 Å². The van der Waals surface area contributed by atoms with E-state index in [9.17, 15) is 15.0 Å². The number of phenols is 1. The zero-order valence-electron chi connectivity index (χ0n) is 12.0. The molecular weight excluding hydrogens is 306 g/mol. The SMILES string of the molecule is Cl.O=C1CC[C@]2(O)[C@@H]3Cc4ccc(O)c5c4[C@]2(CCN3)[C@@H]1O5. The Balaban J connectivity index is 0.00000125. The third-order valence-corrected chi connectivity index (χ3v) is 6.08. The molecule has 1 aromatic rings. The van der Waals surface area contributed by atoms with E-state index in [4.69, 9.17) is 4.74 Å². The van der Waals surface area contributed by atoms with E-state index in [-0.39, 0.29) is 30.0 Å². The van der Waals surface area contributed by atoms with Crippen LogP contribution in [0.4, 0.5) is 0 Å². The van der Waals surface area contributed by atoms with Crippen LogP contribution in [-0.4, -0.2) is 40.3 Å². The van der Waals surface area contributed by atoms with Gasteiger partial charge in [0.25, 0.3) is 0 Å². The third-order valence-electron chi connectivity index (χ3n) is 6.08. The lowest BCUT2D eigenvalue weighted by Crippen LogP contribution is -2.76. The minimum Gasteiger partial charge on any atom is -0.504 e. The van der Waals surface area contributed by atoms with E-state index < -0.39 is 17.1 Å². The molecule has 1 spiro atoms. The molecular formula is C16H18ClNO4. The number of ether oxygens (including phenoxy) is 1. The standard InChI is InChI=1S/C16H17NO4.ClH/c18-9-2-1-8-7-11-16(20)4-3-10(19)14-15(16,5-6-17-11)12(8)13(9)21-14;/h1-2,11,14,17-18,20H,3-7H2;1H/t11-,14+,15+,16-;/m0./s1. The second-order valence-electron chi connectivity index (χ2n) is 6.77. The minimum absolute atomic E-state index is 0. The molecule has 3 N–H and O–H groups in total. The zero-order chi connectivity index (χ0) is 14.4. The number of rotatable bonds is 0. The lowest BCUT2D eigenvalue weighted by molar-refractivity contribution is -0.166. The maximum atomic E-state index is 12.4. The Labute approximate surface area is 134 Å². The number of carbonyl (C=O) groups is 1. The maximum Gasteiger partial charge on any atom is 0.174 e. The summed E-state index contributed by atoms with van der Waals surface area (Å²) in [7, 11) is 0. The van der Waals surface area contributed by atoms with Gasteiger partial charge < -0.3 is 20.3 Å². The highest BCUT2D eigenvalue weighted by Gasteiger charge is 2.71. The van der Waals surface area contributed by atoms with Crippen LogP contribution < -0.4 is 10.1 Å². The smallest absolute Gasteiger partial charge is 0.174 e. The zero-order valence-corrected chi connectivity index (χ0v) is 12.8. The average molecular weight is 324 g/mol. The summed E-state index contributed by atoms with van der Waals surface area (Å²) in [6.07, 6.45) is 1.54. The molecule has 1 saturated carbocycles. The molecule has 1 aromatic carbocycles. The van der Waals surface area contributed by atoms with Crippen LogP contribution >= 0.6 is 12.4 Å². The van der Waals surface area contributed by atoms with Gasteiger partial charge in [-0.3, -0.25) is 4.79 Å². The Morgan fingerprint density at radius 2 is 2.14 bits per heavy atom. The Morgan fingerprint density at radius 1 is 1.32 bits per heavy atom. The highest BCUT2D eigenvalue weighted by Crippen LogP contribution is 2.63. The van der Waals surface area contributed by atoms with Crippen LogP contribution in [0.3, 0.4) is 0 Å². The second-order valence-corrected chi connectivity index (χ2v) is 6.77. The number of phenolic OH excluding ortho intramolecular Hbond substituents is 1. The average Bonchev–Trinajstić information content (AvgIpc) is 2.80. The Hall–Kier alpha value is -1.30. The molecule has 0 radical (unpaired) electrons. The molecule has 0 aromatic heterocycles. The first-order chi connectivity index (χ1) is 10.1. The van der Waals surface area contributed by atoms with Crippen LogP contribution in [0.15, 0.2) is 12.1 Å². The molecule has 2 heterocycles. The van der Waals surface area contributed by atoms with Crippen LogP contribution in [0.5, 0.6) is 11.5 Å². The molecule has 2 fully saturated rings. The van der Waals surface area contributed by atoms with Gasteiger partial charge in [-0.15, -0.1) is 12.4 Å². The number of hydrogen-bond acceptors (Lipinski definition) is 5. The first-order valence-corrected chi connectivity index (χ1v) is 7.58. The van der Waals surface area contributed by atoms with Gasteiger partial charge >= 0.3 is 0 Å². The van der Waals surface area contributed by atoms with Crippen molar-refractivity contribution < 1.29 is 19.7 Å². The second kappa shape index (κ2) is 4.16. The molecule has 0 unspecified atom stereocenters. The van der Waals surface area contributed by atoms with E-state index in [0.29, 0.717) is 31.4 Å². The first-order valence-electron chi connectivity index (χ1n) is 7.58. The van der Waals surface area contributed by atoms with Crippen molar-refractivity contribution in [1.29, 1.82) is 0 Å². The summed E-state index contributed by atoms with van der Waals surface area (Å²) in [5.74, 6) is 0.542. The number of Topliss-reactive ketones (excluding diaryl/α,β-unsaturated/α-hetero) is 1. The van der Waals surface area contributed by atoms with Crippen molar-refractivity contribution in [2.75, 3.05) is 6.54 Å². The molecule has 5 nitrogen and oxygen atoms in total. The number of halogens is 1. The summed E-state index contributed by atoms with van der Waals surface area (Å²) in [4.78, 5) is 12.4. The van der Waals surface area contributed by atoms with Gasteiger partial charge in [-0.25, -0.2) is 0 Å². The molecule has 22 heavy (non-hydrogen) atoms. The molecule has 2 aliphatic heterocycles. The number of ketones is 1. The largest absolute Gasteiger partial charge is 0.504 e. The van der Waals surface area contributed by atoms with E-state index in [1.54, 1.807) is 6.07 Å². The monoisotopic (exact) mass is 323 g/mol. The van der Waals surface area contributed by atoms with Crippen molar-refractivity contribution >= 4 is 18.2 Å². The molecule has 2 bridgehead atoms. The van der Waals surface area contributed by atoms with Crippen molar-refractivity contribution in [2.24, 2.45) is 0 Å². The van der Waals surface area contributed by atoms with Crippen molar-refractivity contribution in [1.82, 2.24) is 5.32 Å². The topological polar surface area (TPSA) is 78.8 Å². The highest BCUT2D eigenvalue weighted by atomic mass is 35.5. The first kappa shape index (κ1) is 14.3. The molecule has 5 rings (SSSR count). The summed E-state index contributed by atoms with van der Waals surface area (Å²) in [6, 6.07) is 3.49. The van der Waals surface area contributed by atoms with E-state index >= 15 is 0 Å². The van der Waals surface area contributed by atoms with Gasteiger partial charge in [0.15, 0.2) is 23.4 Å². The van der Waals surface area contributed by atoms with Gasteiger partial charge in [0.05, 0.1) is 11.0 Å². The van der Waals surface area contributed by atoms with Gasteiger partial charge in [0, 0.05) is 18.0 Å². The predicted molar refractivity (Wildman–Crippen MR) is 80.8 cm³/mol. The number of nitrogens with one attached hydrogen (secondary N) is 1. The highest BCUT2D eigenvalue weighted by molar-refractivity contribution is 5.90. The quantitative estimate of drug-likeness (QED) is 0.659. The van der Waals surface area contributed by atoms with E-state index in [1.807, 2.05) is 6.07 Å². The normalized spacial score (nSPS) is 40.5. The van der Waals surface area contributed by atoms with Crippen molar-refractivity contribution in [3.8, 4) is 11.5 Å². The van der Waals surface area contributed by atoms with Crippen molar-refractivity contribution in [3.05, 3.63) is 23.3 Å². The summed E-state index contributed by atoms with van der Waals surface area (Å²) in [5, 5.41) is 25.0. The Morgan fingerprint density at radius 3 is 2.95 bits per heavy atom. The fraction of sp³-hybridized carbons (Fsp3) is 0.562. The molecule has 2 aliphatic carbocycles. The number of hydrogen-bond donors (Lipinski definition) is 3. The summed E-state index contributed by atoms with van der Waals surface area (Å²) >= 11 is 0. The number of benzene rings is 1. The fourth-order valence-corrected chi connectivity index (χ4v) is 5.22. The Bertz CT molecular complexity index is 693. The third kappa shape index (κ3) is 1.28. The van der Waals surface area contributed by atoms with E-state index in [1.165, 1.54) is 0 Å². The summed E-state index contributed by atoms with van der Waals surface area (Å²) in [5.41, 5.74) is 0.332. The van der Waals surface area contributed by atoms with Gasteiger partial charge in [0.2, 0.25) is 0 Å². The van der Waals surface area contributed by atoms with Gasteiger partial charge in [-0.1, -0.05) is 6.07 Å². The van der Waals surface area contributed by atoms with Crippen LogP contribution in [0, 0.1) is 0 Å². The van der Waals surface area contributed by atoms with Crippen LogP contribution in [0.2, 0.25) is 0 Å². The number of aliphatic hydroxyl groups is 1. The molecule has 1 saturated heterocycles. The molecule has 6 heteroatoms. The molecule has 4 atom stereocenters. The minimum atomic E-state index is -0.962. The fourth-order valence-electron chi connectivity index (χ4n) is 5.22. The van der Waals surface area contributed by atoms with E-state index in [2.05, 4.69) is 5.32 Å². The van der Waals surface area contributed by atoms with Gasteiger partial charge in [0.1, 0.15) is 0 Å². The van der Waals surface area contributed by atoms with Crippen LogP contribution in [-0.2, 0) is 16.6 Å². The lowest BCUT2D eigenvalue weighted by atomic mass is 9.49. The van der Waals surface area contributed by atoms with Gasteiger partial charge in [-0.05, 0) is 37.4 Å². The Kier molecular flexibility index (Phi) is 2.70. The number of aromatic hydroxyl groups is 1. The predicted octanol–water partition coefficient (Wildman–Crippen LogP) is 0.825. The van der Waals surface area contributed by atoms with Crippen molar-refractivity contribution in [2.45, 2.75) is 48.8 Å². The maximum absolute atomic E-state index is 12.4. The number of carbonyl (C=O) groups excluding carboxylic acids is 1. The van der Waals surface area contributed by atoms with Crippen molar-refractivity contribution in [3.63, 3.8) is 0 Å². The van der Waals surface area contributed by atoms with Crippen LogP contribution in [0.25, 0.3) is 0 Å². The molecule has 0 amide bonds. The summed E-state index contributed by atoms with van der Waals surface area (Å²) < 4.78 is 5.90. The van der Waals surface area contributed by atoms with Crippen LogP contribution in [0.1, 0.15) is 30.4 Å². The number of piperidine rings is 1.